The van der Waals surface area contributed by atoms with Crippen molar-refractivity contribution < 1.29 is 39.8 Å². The Morgan fingerprint density at radius 3 is 2.04 bits per heavy atom. The largest absolute Gasteiger partial charge is 0.480 e. The zero-order valence-electron chi connectivity index (χ0n) is 12.1. The molecule has 1 aliphatic rings. The molecule has 134 valence electrons. The molecule has 1 aromatic rings. The fourth-order valence-electron chi connectivity index (χ4n) is 2.25. The third-order valence-corrected chi connectivity index (χ3v) is 4.11. The van der Waals surface area contributed by atoms with Crippen molar-refractivity contribution in [3.8, 4) is 5.75 Å². The normalized spacial score (nSPS) is 33.1. The topological polar surface area (TPSA) is 137 Å². The van der Waals surface area contributed by atoms with Crippen molar-refractivity contribution in [2.24, 2.45) is 0 Å². The summed E-state index contributed by atoms with van der Waals surface area (Å²) in [4.78, 5) is 11.8. The smallest absolute Gasteiger partial charge is 0.344 e. The van der Waals surface area contributed by atoms with Crippen LogP contribution < -0.4 is 4.74 Å². The second kappa shape index (κ2) is 7.83. The van der Waals surface area contributed by atoms with E-state index in [0.717, 1.165) is 0 Å². The summed E-state index contributed by atoms with van der Waals surface area (Å²) < 4.78 is 9.96. The van der Waals surface area contributed by atoms with Gasteiger partial charge in [0.15, 0.2) is 12.7 Å². The molecule has 0 amide bonds. The average Bonchev–Trinajstić information content (AvgIpc) is 2.54. The lowest BCUT2D eigenvalue weighted by Gasteiger charge is -2.41. The number of hydrogen-bond acceptors (Lipinski definition) is 8. The summed E-state index contributed by atoms with van der Waals surface area (Å²) in [5.41, 5.74) is 0. The molecular weight excluding hydrogens is 367 g/mol. The summed E-state index contributed by atoms with van der Waals surface area (Å²) in [6.07, 6.45) is -10.5. The van der Waals surface area contributed by atoms with Crippen molar-refractivity contribution in [2.75, 3.05) is 6.61 Å². The SMILES string of the molecule is O=C(COc1ccc(Cl)cc1Cl)OC1[C@@H](O)[C@H](O)C(O)[C@H](O)[C@@H]1O. The summed E-state index contributed by atoms with van der Waals surface area (Å²) in [5, 5.41) is 48.7. The number of halogens is 2. The molecule has 2 rings (SSSR count). The highest BCUT2D eigenvalue weighted by molar-refractivity contribution is 6.35. The molecule has 24 heavy (non-hydrogen) atoms. The van der Waals surface area contributed by atoms with Gasteiger partial charge in [0.1, 0.15) is 36.3 Å². The van der Waals surface area contributed by atoms with E-state index in [1.165, 1.54) is 18.2 Å². The molecule has 1 aromatic carbocycles. The fraction of sp³-hybridized carbons (Fsp3) is 0.500. The van der Waals surface area contributed by atoms with Crippen molar-refractivity contribution in [2.45, 2.75) is 36.6 Å². The molecule has 2 unspecified atom stereocenters. The van der Waals surface area contributed by atoms with Gasteiger partial charge in [-0.25, -0.2) is 4.79 Å². The van der Waals surface area contributed by atoms with E-state index in [1.807, 2.05) is 0 Å². The minimum absolute atomic E-state index is 0.165. The van der Waals surface area contributed by atoms with Crippen LogP contribution in [0.4, 0.5) is 0 Å². The van der Waals surface area contributed by atoms with Crippen LogP contribution in [0, 0.1) is 0 Å². The molecule has 10 heteroatoms. The molecular formula is C14H16Cl2O8. The lowest BCUT2D eigenvalue weighted by Crippen LogP contribution is -2.64. The highest BCUT2D eigenvalue weighted by atomic mass is 35.5. The number of esters is 1. The van der Waals surface area contributed by atoms with Crippen molar-refractivity contribution in [3.05, 3.63) is 28.2 Å². The molecule has 1 aliphatic carbocycles. The quantitative estimate of drug-likeness (QED) is 0.422. The highest BCUT2D eigenvalue weighted by Crippen LogP contribution is 2.28. The number of rotatable bonds is 4. The second-order valence-corrected chi connectivity index (χ2v) is 6.11. The Kier molecular flexibility index (Phi) is 6.27. The van der Waals surface area contributed by atoms with E-state index < -0.39 is 49.2 Å². The van der Waals surface area contributed by atoms with Gasteiger partial charge < -0.3 is 35.0 Å². The third kappa shape index (κ3) is 4.09. The Hall–Kier alpha value is -1.13. The van der Waals surface area contributed by atoms with E-state index in [2.05, 4.69) is 0 Å². The summed E-state index contributed by atoms with van der Waals surface area (Å²) in [5.74, 6) is -0.821. The molecule has 5 N–H and O–H groups in total. The molecule has 8 nitrogen and oxygen atoms in total. The lowest BCUT2D eigenvalue weighted by molar-refractivity contribution is -0.234. The van der Waals surface area contributed by atoms with Crippen LogP contribution in [0.1, 0.15) is 0 Å². The number of carbonyl (C=O) groups is 1. The van der Waals surface area contributed by atoms with E-state index in [0.29, 0.717) is 5.02 Å². The van der Waals surface area contributed by atoms with Crippen LogP contribution in [0.3, 0.4) is 0 Å². The maximum Gasteiger partial charge on any atom is 0.344 e. The van der Waals surface area contributed by atoms with Crippen LogP contribution in [0.2, 0.25) is 10.0 Å². The van der Waals surface area contributed by atoms with Gasteiger partial charge in [0, 0.05) is 5.02 Å². The van der Waals surface area contributed by atoms with Crippen molar-refractivity contribution in [1.29, 1.82) is 0 Å². The van der Waals surface area contributed by atoms with Gasteiger partial charge in [-0.1, -0.05) is 23.2 Å². The summed E-state index contributed by atoms with van der Waals surface area (Å²) >= 11 is 11.6. The molecule has 0 bridgehead atoms. The standard InChI is InChI=1S/C14H16Cl2O8/c15-5-1-2-7(6(16)3-5)23-4-8(17)24-14-12(21)10(19)9(18)11(20)13(14)22/h1-3,9-14,18-22H,4H2/t9?,10-,11+,12-,13-,14?/m0/s1. The number of hydrogen-bond donors (Lipinski definition) is 5. The molecule has 0 aliphatic heterocycles. The van der Waals surface area contributed by atoms with E-state index in [9.17, 15) is 30.3 Å². The van der Waals surface area contributed by atoms with Crippen molar-refractivity contribution >= 4 is 29.2 Å². The number of aliphatic hydroxyl groups excluding tert-OH is 5. The summed E-state index contributed by atoms with van der Waals surface area (Å²) in [6, 6.07) is 4.34. The number of carbonyl (C=O) groups excluding carboxylic acids is 1. The van der Waals surface area contributed by atoms with E-state index in [-0.39, 0.29) is 10.8 Å². The Balaban J connectivity index is 1.96. The molecule has 0 radical (unpaired) electrons. The molecule has 0 saturated heterocycles. The molecule has 1 saturated carbocycles. The lowest BCUT2D eigenvalue weighted by atomic mass is 9.85. The van der Waals surface area contributed by atoms with Gasteiger partial charge >= 0.3 is 5.97 Å². The minimum Gasteiger partial charge on any atom is -0.480 e. The maximum atomic E-state index is 11.8. The predicted molar refractivity (Wildman–Crippen MR) is 81.9 cm³/mol. The van der Waals surface area contributed by atoms with Crippen LogP contribution >= 0.6 is 23.2 Å². The average molecular weight is 383 g/mol. The molecule has 6 atom stereocenters. The fourth-order valence-corrected chi connectivity index (χ4v) is 2.71. The zero-order valence-corrected chi connectivity index (χ0v) is 13.6. The van der Waals surface area contributed by atoms with Crippen LogP contribution in [0.25, 0.3) is 0 Å². The molecule has 0 spiro atoms. The second-order valence-electron chi connectivity index (χ2n) is 5.27. The number of aliphatic hydroxyl groups is 5. The van der Waals surface area contributed by atoms with Crippen LogP contribution in [0.5, 0.6) is 5.75 Å². The molecule has 0 aromatic heterocycles. The van der Waals surface area contributed by atoms with Crippen molar-refractivity contribution in [1.82, 2.24) is 0 Å². The van der Waals surface area contributed by atoms with Crippen LogP contribution in [-0.4, -0.2) is 74.7 Å². The van der Waals surface area contributed by atoms with Gasteiger partial charge in [0.25, 0.3) is 0 Å². The summed E-state index contributed by atoms with van der Waals surface area (Å²) in [7, 11) is 0. The third-order valence-electron chi connectivity index (χ3n) is 3.58. The highest BCUT2D eigenvalue weighted by Gasteiger charge is 2.50. The Morgan fingerprint density at radius 2 is 1.50 bits per heavy atom. The first-order valence-electron chi connectivity index (χ1n) is 6.90. The Morgan fingerprint density at radius 1 is 0.958 bits per heavy atom. The Labute approximate surface area is 146 Å². The van der Waals surface area contributed by atoms with Crippen LogP contribution in [-0.2, 0) is 9.53 Å². The predicted octanol–water partition coefficient (Wildman–Crippen LogP) is -0.898. The van der Waals surface area contributed by atoms with Gasteiger partial charge in [-0.15, -0.1) is 0 Å². The Bertz CT molecular complexity index is 582. The first-order valence-corrected chi connectivity index (χ1v) is 7.65. The maximum absolute atomic E-state index is 11.8. The minimum atomic E-state index is -1.78. The summed E-state index contributed by atoms with van der Waals surface area (Å²) in [6.45, 7) is -0.605. The first-order chi connectivity index (χ1) is 11.2. The number of ether oxygens (including phenoxy) is 2. The van der Waals surface area contributed by atoms with E-state index >= 15 is 0 Å². The molecule has 0 heterocycles. The van der Waals surface area contributed by atoms with E-state index in [1.54, 1.807) is 0 Å². The van der Waals surface area contributed by atoms with Crippen LogP contribution in [0.15, 0.2) is 18.2 Å². The first kappa shape index (κ1) is 19.2. The molecule has 1 fully saturated rings. The monoisotopic (exact) mass is 382 g/mol. The zero-order chi connectivity index (χ0) is 18.0. The van der Waals surface area contributed by atoms with Gasteiger partial charge in [0.2, 0.25) is 0 Å². The van der Waals surface area contributed by atoms with Gasteiger partial charge in [0.05, 0.1) is 5.02 Å². The van der Waals surface area contributed by atoms with Crippen molar-refractivity contribution in [3.63, 3.8) is 0 Å². The van der Waals surface area contributed by atoms with Gasteiger partial charge in [-0.3, -0.25) is 0 Å². The van der Waals surface area contributed by atoms with Gasteiger partial charge in [-0.2, -0.15) is 0 Å². The van der Waals surface area contributed by atoms with Gasteiger partial charge in [-0.05, 0) is 18.2 Å². The number of benzene rings is 1. The van der Waals surface area contributed by atoms with E-state index in [4.69, 9.17) is 32.7 Å².